The van der Waals surface area contributed by atoms with Gasteiger partial charge in [0, 0.05) is 5.92 Å². The maximum Gasteiger partial charge on any atom is 0.250 e. The van der Waals surface area contributed by atoms with Crippen molar-refractivity contribution in [1.29, 1.82) is 0 Å². The van der Waals surface area contributed by atoms with E-state index in [0.29, 0.717) is 4.34 Å². The van der Waals surface area contributed by atoms with E-state index in [2.05, 4.69) is 4.72 Å². The van der Waals surface area contributed by atoms with E-state index in [-0.39, 0.29) is 22.5 Å². The summed E-state index contributed by atoms with van der Waals surface area (Å²) in [4.78, 5) is 11.3. The lowest BCUT2D eigenvalue weighted by atomic mass is 10.1. The molecule has 0 fully saturated rings. The van der Waals surface area contributed by atoms with E-state index < -0.39 is 10.0 Å². The molecule has 0 saturated heterocycles. The lowest BCUT2D eigenvalue weighted by molar-refractivity contribution is -0.120. The number of hydrogen-bond acceptors (Lipinski definition) is 4. The second-order valence-corrected chi connectivity index (χ2v) is 7.21. The average molecular weight is 282 g/mol. The summed E-state index contributed by atoms with van der Waals surface area (Å²) in [5.41, 5.74) is 0. The highest BCUT2D eigenvalue weighted by atomic mass is 35.5. The van der Waals surface area contributed by atoms with E-state index in [9.17, 15) is 13.2 Å². The highest BCUT2D eigenvalue weighted by molar-refractivity contribution is 7.91. The van der Waals surface area contributed by atoms with Crippen LogP contribution in [0.25, 0.3) is 0 Å². The second kappa shape index (κ2) is 5.27. The third kappa shape index (κ3) is 3.55. The van der Waals surface area contributed by atoms with Gasteiger partial charge in [-0.2, -0.15) is 0 Å². The summed E-state index contributed by atoms with van der Waals surface area (Å²) in [7, 11) is -3.60. The Bertz CT molecular complexity index is 479. The van der Waals surface area contributed by atoms with Crippen molar-refractivity contribution in [3.05, 3.63) is 16.5 Å². The van der Waals surface area contributed by atoms with Crippen LogP contribution in [0.2, 0.25) is 4.34 Å². The van der Waals surface area contributed by atoms with Gasteiger partial charge in [0.15, 0.2) is 0 Å². The molecule has 1 heterocycles. The van der Waals surface area contributed by atoms with E-state index >= 15 is 0 Å². The van der Waals surface area contributed by atoms with Crippen LogP contribution in [0, 0.1) is 5.92 Å². The number of thiophene rings is 1. The van der Waals surface area contributed by atoms with Gasteiger partial charge in [0.1, 0.15) is 9.99 Å². The van der Waals surface area contributed by atoms with E-state index in [4.69, 9.17) is 11.6 Å². The summed E-state index contributed by atoms with van der Waals surface area (Å²) >= 11 is 6.60. The van der Waals surface area contributed by atoms with E-state index in [0.717, 1.165) is 11.3 Å². The smallest absolute Gasteiger partial charge is 0.250 e. The monoisotopic (exact) mass is 281 g/mol. The first-order valence-corrected chi connectivity index (χ1v) is 7.28. The first kappa shape index (κ1) is 13.6. The van der Waals surface area contributed by atoms with Crippen LogP contribution in [0.1, 0.15) is 13.8 Å². The Labute approximate surface area is 104 Å². The Balaban J connectivity index is 2.70. The molecule has 1 N–H and O–H groups in total. The maximum absolute atomic E-state index is 11.7. The Morgan fingerprint density at radius 3 is 2.56 bits per heavy atom. The molecule has 0 unspecified atom stereocenters. The largest absolute Gasteiger partial charge is 0.298 e. The molecule has 0 amide bonds. The molecule has 7 heteroatoms. The Kier molecular flexibility index (Phi) is 4.49. The van der Waals surface area contributed by atoms with Crippen LogP contribution in [0.4, 0.5) is 0 Å². The molecule has 1 aromatic heterocycles. The number of ketones is 1. The minimum atomic E-state index is -3.60. The van der Waals surface area contributed by atoms with Crippen molar-refractivity contribution in [2.75, 3.05) is 6.54 Å². The second-order valence-electron chi connectivity index (χ2n) is 3.50. The molecule has 0 saturated carbocycles. The summed E-state index contributed by atoms with van der Waals surface area (Å²) in [5.74, 6) is -0.333. The van der Waals surface area contributed by atoms with Crippen LogP contribution < -0.4 is 4.72 Å². The molecule has 0 aromatic carbocycles. The van der Waals surface area contributed by atoms with Gasteiger partial charge in [-0.3, -0.25) is 4.79 Å². The Morgan fingerprint density at radius 1 is 1.50 bits per heavy atom. The molecule has 1 aromatic rings. The van der Waals surface area contributed by atoms with E-state index in [1.807, 2.05) is 0 Å². The predicted octanol–water partition coefficient (Wildman–Crippen LogP) is 1.90. The number of sulfonamides is 1. The number of hydrogen-bond donors (Lipinski definition) is 1. The van der Waals surface area contributed by atoms with Gasteiger partial charge in [0.05, 0.1) is 10.9 Å². The molecule has 0 aliphatic heterocycles. The van der Waals surface area contributed by atoms with Gasteiger partial charge in [0.25, 0.3) is 0 Å². The fraction of sp³-hybridized carbons (Fsp3) is 0.444. The van der Waals surface area contributed by atoms with Crippen LogP contribution in [0.5, 0.6) is 0 Å². The standard InChI is InChI=1S/C9H12ClNO3S2/c1-6(2)7(12)5-11-16(13,14)9-4-3-8(10)15-9/h3-4,6,11H,5H2,1-2H3. The Morgan fingerprint density at radius 2 is 2.12 bits per heavy atom. The van der Waals surface area contributed by atoms with Crippen LogP contribution in [-0.4, -0.2) is 20.7 Å². The first-order valence-electron chi connectivity index (χ1n) is 4.60. The van der Waals surface area contributed by atoms with Gasteiger partial charge in [0.2, 0.25) is 10.0 Å². The van der Waals surface area contributed by atoms with Gasteiger partial charge in [-0.15, -0.1) is 11.3 Å². The first-order chi connectivity index (χ1) is 7.33. The number of carbonyl (C=O) groups is 1. The van der Waals surface area contributed by atoms with Gasteiger partial charge in [-0.1, -0.05) is 25.4 Å². The van der Waals surface area contributed by atoms with Gasteiger partial charge < -0.3 is 0 Å². The molecule has 0 aliphatic rings. The summed E-state index contributed by atoms with van der Waals surface area (Å²) in [6.45, 7) is 3.26. The lowest BCUT2D eigenvalue weighted by Crippen LogP contribution is -2.31. The third-order valence-corrected chi connectivity index (χ3v) is 5.02. The molecule has 0 radical (unpaired) electrons. The zero-order valence-corrected chi connectivity index (χ0v) is 11.2. The topological polar surface area (TPSA) is 63.2 Å². The SMILES string of the molecule is CC(C)C(=O)CNS(=O)(=O)c1ccc(Cl)s1. The van der Waals surface area contributed by atoms with Crippen molar-refractivity contribution in [2.45, 2.75) is 18.1 Å². The van der Waals surface area contributed by atoms with Crippen LogP contribution in [-0.2, 0) is 14.8 Å². The maximum atomic E-state index is 11.7. The van der Waals surface area contributed by atoms with Gasteiger partial charge >= 0.3 is 0 Å². The normalized spacial score (nSPS) is 12.0. The highest BCUT2D eigenvalue weighted by Crippen LogP contribution is 2.25. The number of Topliss-reactive ketones (excluding diaryl/α,β-unsaturated/α-hetero) is 1. The van der Waals surface area contributed by atoms with Crippen molar-refractivity contribution in [2.24, 2.45) is 5.92 Å². The quantitative estimate of drug-likeness (QED) is 0.897. The molecule has 0 bridgehead atoms. The molecule has 90 valence electrons. The number of nitrogens with one attached hydrogen (secondary N) is 1. The fourth-order valence-electron chi connectivity index (χ4n) is 0.884. The summed E-state index contributed by atoms with van der Waals surface area (Å²) in [6, 6.07) is 2.92. The molecule has 4 nitrogen and oxygen atoms in total. The molecular formula is C9H12ClNO3S2. The minimum Gasteiger partial charge on any atom is -0.298 e. The average Bonchev–Trinajstić information content (AvgIpc) is 2.61. The number of carbonyl (C=O) groups excluding carboxylic acids is 1. The summed E-state index contributed by atoms with van der Waals surface area (Å²) in [6.07, 6.45) is 0. The van der Waals surface area contributed by atoms with E-state index in [1.54, 1.807) is 13.8 Å². The Hall–Kier alpha value is -0.430. The van der Waals surface area contributed by atoms with Gasteiger partial charge in [-0.25, -0.2) is 13.1 Å². The van der Waals surface area contributed by atoms with Crippen LogP contribution >= 0.6 is 22.9 Å². The van der Waals surface area contributed by atoms with E-state index in [1.165, 1.54) is 12.1 Å². The summed E-state index contributed by atoms with van der Waals surface area (Å²) < 4.78 is 26.1. The highest BCUT2D eigenvalue weighted by Gasteiger charge is 2.18. The zero-order valence-electron chi connectivity index (χ0n) is 8.86. The molecule has 0 spiro atoms. The fourth-order valence-corrected chi connectivity index (χ4v) is 3.40. The van der Waals surface area contributed by atoms with Crippen LogP contribution in [0.3, 0.4) is 0 Å². The number of rotatable bonds is 5. The van der Waals surface area contributed by atoms with Gasteiger partial charge in [-0.05, 0) is 12.1 Å². The van der Waals surface area contributed by atoms with Crippen molar-refractivity contribution in [1.82, 2.24) is 4.72 Å². The predicted molar refractivity (Wildman–Crippen MR) is 64.4 cm³/mol. The summed E-state index contributed by atoms with van der Waals surface area (Å²) in [5, 5.41) is 0. The van der Waals surface area contributed by atoms with Crippen LogP contribution in [0.15, 0.2) is 16.3 Å². The van der Waals surface area contributed by atoms with Crippen molar-refractivity contribution >= 4 is 38.7 Å². The molecule has 16 heavy (non-hydrogen) atoms. The number of halogens is 1. The molecule has 1 rings (SSSR count). The van der Waals surface area contributed by atoms with Crippen molar-refractivity contribution < 1.29 is 13.2 Å². The molecule has 0 atom stereocenters. The van der Waals surface area contributed by atoms with Crippen molar-refractivity contribution in [3.8, 4) is 0 Å². The lowest BCUT2D eigenvalue weighted by Gasteiger charge is -2.05. The molecule has 0 aliphatic carbocycles. The molecular weight excluding hydrogens is 270 g/mol. The third-order valence-electron chi connectivity index (χ3n) is 1.89. The van der Waals surface area contributed by atoms with Crippen molar-refractivity contribution in [3.63, 3.8) is 0 Å². The zero-order chi connectivity index (χ0) is 12.3. The minimum absolute atomic E-state index is 0.119.